The molecule has 0 spiro atoms. The molecule has 0 saturated heterocycles. The Bertz CT molecular complexity index is 856. The monoisotopic (exact) mass is 413 g/mol. The number of rotatable bonds is 10. The van der Waals surface area contributed by atoms with Crippen LogP contribution in [0.3, 0.4) is 0 Å². The Morgan fingerprint density at radius 2 is 1.60 bits per heavy atom. The van der Waals surface area contributed by atoms with Crippen LogP contribution in [0.5, 0.6) is 0 Å². The van der Waals surface area contributed by atoms with E-state index in [-0.39, 0.29) is 49.0 Å². The largest absolute Gasteiger partial charge is 0.354 e. The summed E-state index contributed by atoms with van der Waals surface area (Å²) in [5.41, 5.74) is 1.26. The standard InChI is InChI=1S/C23H28FN3O3/c1-16(2)13-21(29)27-22(18-8-4-3-5-9-18)23(30)26-12-11-25-20(28)15-17-7-6-10-19(24)14-17/h3-10,14,16,22H,11-13,15H2,1-2H3,(H,25,28)(H,26,30)(H,27,29). The number of benzene rings is 2. The SMILES string of the molecule is CC(C)CC(=O)NC(C(=O)NCCNC(=O)Cc1cccc(F)c1)c1ccccc1. The summed E-state index contributed by atoms with van der Waals surface area (Å²) in [7, 11) is 0. The molecule has 0 radical (unpaired) electrons. The smallest absolute Gasteiger partial charge is 0.247 e. The Morgan fingerprint density at radius 3 is 2.27 bits per heavy atom. The van der Waals surface area contributed by atoms with E-state index in [0.29, 0.717) is 17.5 Å². The Morgan fingerprint density at radius 1 is 0.900 bits per heavy atom. The van der Waals surface area contributed by atoms with Crippen molar-refractivity contribution in [1.29, 1.82) is 0 Å². The third-order valence-corrected chi connectivity index (χ3v) is 4.29. The Balaban J connectivity index is 1.84. The van der Waals surface area contributed by atoms with Crippen LogP contribution in [0, 0.1) is 11.7 Å². The first kappa shape index (κ1) is 23.1. The van der Waals surface area contributed by atoms with Gasteiger partial charge in [0.25, 0.3) is 0 Å². The average molecular weight is 413 g/mol. The summed E-state index contributed by atoms with van der Waals surface area (Å²) in [5.74, 6) is -1.02. The van der Waals surface area contributed by atoms with Crippen molar-refractivity contribution in [2.75, 3.05) is 13.1 Å². The second kappa shape index (κ2) is 11.7. The van der Waals surface area contributed by atoms with Crippen LogP contribution in [0.25, 0.3) is 0 Å². The van der Waals surface area contributed by atoms with Crippen molar-refractivity contribution >= 4 is 17.7 Å². The zero-order valence-electron chi connectivity index (χ0n) is 17.3. The van der Waals surface area contributed by atoms with Crippen LogP contribution < -0.4 is 16.0 Å². The van der Waals surface area contributed by atoms with Crippen LogP contribution >= 0.6 is 0 Å². The van der Waals surface area contributed by atoms with E-state index in [1.54, 1.807) is 36.4 Å². The van der Waals surface area contributed by atoms with Gasteiger partial charge in [-0.1, -0.05) is 56.3 Å². The van der Waals surface area contributed by atoms with Crippen molar-refractivity contribution < 1.29 is 18.8 Å². The molecule has 0 fully saturated rings. The van der Waals surface area contributed by atoms with Crippen molar-refractivity contribution in [2.24, 2.45) is 5.92 Å². The first-order valence-electron chi connectivity index (χ1n) is 9.98. The Hall–Kier alpha value is -3.22. The predicted octanol–water partition coefficient (Wildman–Crippen LogP) is 2.50. The van der Waals surface area contributed by atoms with Crippen LogP contribution in [-0.4, -0.2) is 30.8 Å². The predicted molar refractivity (Wildman–Crippen MR) is 113 cm³/mol. The van der Waals surface area contributed by atoms with Gasteiger partial charge in [-0.05, 0) is 29.2 Å². The fraction of sp³-hybridized carbons (Fsp3) is 0.348. The lowest BCUT2D eigenvalue weighted by molar-refractivity contribution is -0.129. The molecule has 0 bridgehead atoms. The van der Waals surface area contributed by atoms with Crippen LogP contribution in [0.2, 0.25) is 0 Å². The number of carbonyl (C=O) groups is 3. The number of amides is 3. The van der Waals surface area contributed by atoms with Crippen LogP contribution in [0.1, 0.15) is 37.4 Å². The molecule has 3 N–H and O–H groups in total. The van der Waals surface area contributed by atoms with E-state index in [9.17, 15) is 18.8 Å². The lowest BCUT2D eigenvalue weighted by atomic mass is 10.0. The lowest BCUT2D eigenvalue weighted by Crippen LogP contribution is -2.43. The summed E-state index contributed by atoms with van der Waals surface area (Å²) < 4.78 is 13.2. The Labute approximate surface area is 176 Å². The van der Waals surface area contributed by atoms with Gasteiger partial charge in [0.05, 0.1) is 6.42 Å². The molecule has 0 aromatic heterocycles. The van der Waals surface area contributed by atoms with Crippen molar-refractivity contribution in [2.45, 2.75) is 32.7 Å². The minimum Gasteiger partial charge on any atom is -0.354 e. The van der Waals surface area contributed by atoms with Crippen molar-refractivity contribution in [3.63, 3.8) is 0 Å². The van der Waals surface area contributed by atoms with Crippen molar-refractivity contribution in [3.8, 4) is 0 Å². The van der Waals surface area contributed by atoms with Gasteiger partial charge in [0.2, 0.25) is 17.7 Å². The molecule has 6 nitrogen and oxygen atoms in total. The molecule has 0 saturated carbocycles. The number of hydrogen-bond donors (Lipinski definition) is 3. The van der Waals surface area contributed by atoms with Gasteiger partial charge in [-0.25, -0.2) is 4.39 Å². The molecular weight excluding hydrogens is 385 g/mol. The highest BCUT2D eigenvalue weighted by atomic mass is 19.1. The Kier molecular flexibility index (Phi) is 9.00. The molecule has 0 aliphatic carbocycles. The van der Waals surface area contributed by atoms with Crippen LogP contribution in [0.4, 0.5) is 4.39 Å². The number of nitrogens with one attached hydrogen (secondary N) is 3. The fourth-order valence-electron chi connectivity index (χ4n) is 2.92. The second-order valence-corrected chi connectivity index (χ2v) is 7.46. The van der Waals surface area contributed by atoms with Gasteiger partial charge in [0.15, 0.2) is 0 Å². The molecule has 0 heterocycles. The van der Waals surface area contributed by atoms with E-state index in [4.69, 9.17) is 0 Å². The maximum Gasteiger partial charge on any atom is 0.247 e. The zero-order chi connectivity index (χ0) is 21.9. The van der Waals surface area contributed by atoms with Gasteiger partial charge in [-0.2, -0.15) is 0 Å². The van der Waals surface area contributed by atoms with Gasteiger partial charge in [0.1, 0.15) is 11.9 Å². The molecule has 2 aromatic carbocycles. The third-order valence-electron chi connectivity index (χ3n) is 4.29. The average Bonchev–Trinajstić information content (AvgIpc) is 2.69. The number of hydrogen-bond acceptors (Lipinski definition) is 3. The zero-order valence-corrected chi connectivity index (χ0v) is 17.3. The quantitative estimate of drug-likeness (QED) is 0.523. The van der Waals surface area contributed by atoms with Gasteiger partial charge < -0.3 is 16.0 Å². The highest BCUT2D eigenvalue weighted by Gasteiger charge is 2.22. The molecule has 1 atom stereocenters. The van der Waals surface area contributed by atoms with Crippen LogP contribution in [0.15, 0.2) is 54.6 Å². The number of halogens is 1. The van der Waals surface area contributed by atoms with Gasteiger partial charge in [-0.3, -0.25) is 14.4 Å². The molecule has 160 valence electrons. The molecule has 1 unspecified atom stereocenters. The molecule has 7 heteroatoms. The van der Waals surface area contributed by atoms with E-state index in [1.807, 2.05) is 19.9 Å². The first-order valence-corrected chi connectivity index (χ1v) is 9.98. The van der Waals surface area contributed by atoms with Gasteiger partial charge >= 0.3 is 0 Å². The minimum atomic E-state index is -0.805. The summed E-state index contributed by atoms with van der Waals surface area (Å²) in [5, 5.41) is 8.21. The molecule has 2 aromatic rings. The lowest BCUT2D eigenvalue weighted by Gasteiger charge is -2.19. The summed E-state index contributed by atoms with van der Waals surface area (Å²) in [6.07, 6.45) is 0.385. The molecule has 3 amide bonds. The summed E-state index contributed by atoms with van der Waals surface area (Å²) in [6, 6.07) is 14.0. The highest BCUT2D eigenvalue weighted by molar-refractivity contribution is 5.88. The maximum absolute atomic E-state index is 13.2. The van der Waals surface area contributed by atoms with E-state index in [1.165, 1.54) is 12.1 Å². The molecule has 0 aliphatic rings. The fourth-order valence-corrected chi connectivity index (χ4v) is 2.92. The minimum absolute atomic E-state index is 0.0591. The molecule has 2 rings (SSSR count). The molecular formula is C23H28FN3O3. The van der Waals surface area contributed by atoms with E-state index >= 15 is 0 Å². The molecule has 0 aliphatic heterocycles. The third kappa shape index (κ3) is 8.03. The van der Waals surface area contributed by atoms with E-state index in [2.05, 4.69) is 16.0 Å². The normalized spacial score (nSPS) is 11.6. The first-order chi connectivity index (χ1) is 14.3. The highest BCUT2D eigenvalue weighted by Crippen LogP contribution is 2.14. The van der Waals surface area contributed by atoms with Gasteiger partial charge in [-0.15, -0.1) is 0 Å². The topological polar surface area (TPSA) is 87.3 Å². The van der Waals surface area contributed by atoms with Gasteiger partial charge in [0, 0.05) is 19.5 Å². The van der Waals surface area contributed by atoms with Crippen molar-refractivity contribution in [3.05, 3.63) is 71.5 Å². The molecule has 30 heavy (non-hydrogen) atoms. The maximum atomic E-state index is 13.2. The number of carbonyl (C=O) groups excluding carboxylic acids is 3. The van der Waals surface area contributed by atoms with Crippen molar-refractivity contribution in [1.82, 2.24) is 16.0 Å². The summed E-state index contributed by atoms with van der Waals surface area (Å²) in [6.45, 7) is 4.30. The second-order valence-electron chi connectivity index (χ2n) is 7.46. The summed E-state index contributed by atoms with van der Waals surface area (Å²) in [4.78, 5) is 36.8. The summed E-state index contributed by atoms with van der Waals surface area (Å²) >= 11 is 0. The van der Waals surface area contributed by atoms with Crippen LogP contribution in [-0.2, 0) is 20.8 Å². The van der Waals surface area contributed by atoms with E-state index < -0.39 is 6.04 Å². The van der Waals surface area contributed by atoms with E-state index in [0.717, 1.165) is 0 Å².